The molecule has 14 heavy (non-hydrogen) atoms. The first-order valence-corrected chi connectivity index (χ1v) is 4.08. The van der Waals surface area contributed by atoms with Crippen molar-refractivity contribution < 1.29 is 19.4 Å². The molecule has 2 N–H and O–H groups in total. The number of halogens is 5. The van der Waals surface area contributed by atoms with E-state index >= 15 is 0 Å². The van der Waals surface area contributed by atoms with Crippen LogP contribution in [0.15, 0.2) is 4.42 Å². The molecular weight excluding hydrogens is 301 g/mol. The molecule has 9 heteroatoms. The highest BCUT2D eigenvalue weighted by Gasteiger charge is 2.12. The van der Waals surface area contributed by atoms with Crippen LogP contribution in [0.2, 0.25) is 20.5 Å². The maximum absolute atomic E-state index is 8.56. The van der Waals surface area contributed by atoms with Crippen molar-refractivity contribution in [1.29, 1.82) is 0 Å². The molecule has 0 bridgehead atoms. The molecule has 0 amide bonds. The molecule has 0 aromatic carbocycles. The first-order chi connectivity index (χ1) is 5.86. The van der Waals surface area contributed by atoms with Gasteiger partial charge in [0, 0.05) is 0 Å². The zero-order valence-corrected chi connectivity index (χ0v) is 9.97. The summed E-state index contributed by atoms with van der Waals surface area (Å²) in [5, 5.41) is 14.3. The molecule has 0 saturated heterocycles. The van der Waals surface area contributed by atoms with Gasteiger partial charge in [0.05, 0.1) is 0 Å². The zero-order valence-electron chi connectivity index (χ0n) is 6.13. The number of carboxylic acid groups (broad SMARTS) is 2. The Hall–Kier alpha value is -0.000000000000000222. The molecule has 0 aliphatic heterocycles. The summed E-state index contributed by atoms with van der Waals surface area (Å²) in [5.41, 5.74) is 0. The van der Waals surface area contributed by atoms with E-state index in [1.807, 2.05) is 0 Å². The average Bonchev–Trinajstić information content (AvgIpc) is 2.17. The van der Waals surface area contributed by atoms with Gasteiger partial charge >= 0.3 is 6.16 Å². The predicted molar refractivity (Wildman–Crippen MR) is 56.6 cm³/mol. The fraction of sp³-hybridized carbons (Fsp3) is 0. The minimum absolute atomic E-state index is 0. The molecule has 0 aliphatic carbocycles. The quantitative estimate of drug-likeness (QED) is 0.738. The second-order valence-electron chi connectivity index (χ2n) is 1.56. The molecule has 0 radical (unpaired) electrons. The molecule has 0 fully saturated rings. The van der Waals surface area contributed by atoms with E-state index in [2.05, 4.69) is 4.42 Å². The molecule has 1 rings (SSSR count). The van der Waals surface area contributed by atoms with Gasteiger partial charge in [0.2, 0.25) is 10.4 Å². The van der Waals surface area contributed by atoms with Crippen LogP contribution in [0.25, 0.3) is 0 Å². The highest BCUT2D eigenvalue weighted by atomic mass is 35.5. The Labute approximate surface area is 105 Å². The van der Waals surface area contributed by atoms with Crippen molar-refractivity contribution in [2.24, 2.45) is 0 Å². The number of hydrogen-bond donors (Lipinski definition) is 2. The molecule has 82 valence electrons. The van der Waals surface area contributed by atoms with E-state index < -0.39 is 6.16 Å². The van der Waals surface area contributed by atoms with Gasteiger partial charge in [-0.3, -0.25) is 0 Å². The van der Waals surface area contributed by atoms with Crippen molar-refractivity contribution in [3.63, 3.8) is 0 Å². The monoisotopic (exact) mass is 302 g/mol. The van der Waals surface area contributed by atoms with Gasteiger partial charge in [-0.1, -0.05) is 23.2 Å². The number of carbonyl (C=O) groups is 1. The molecule has 0 aliphatic rings. The fourth-order valence-corrected chi connectivity index (χ4v) is 1.07. The Morgan fingerprint density at radius 3 is 1.29 bits per heavy atom. The first kappa shape index (κ1) is 16.4. The molecular formula is C5H3Cl5O4. The van der Waals surface area contributed by atoms with E-state index in [0.717, 1.165) is 0 Å². The Balaban J connectivity index is 0. The lowest BCUT2D eigenvalue weighted by molar-refractivity contribution is 0.137. The van der Waals surface area contributed by atoms with Crippen molar-refractivity contribution >= 4 is 65.0 Å². The number of furan rings is 1. The van der Waals surface area contributed by atoms with E-state index in [-0.39, 0.29) is 32.9 Å². The largest absolute Gasteiger partial charge is 0.503 e. The van der Waals surface area contributed by atoms with E-state index in [4.69, 9.17) is 61.4 Å². The Kier molecular flexibility index (Phi) is 8.58. The Morgan fingerprint density at radius 2 is 1.21 bits per heavy atom. The minimum atomic E-state index is -1.83. The lowest BCUT2D eigenvalue weighted by Crippen LogP contribution is -1.81. The van der Waals surface area contributed by atoms with Gasteiger partial charge in [0.25, 0.3) is 0 Å². The summed E-state index contributed by atoms with van der Waals surface area (Å²) in [7, 11) is 0. The summed E-state index contributed by atoms with van der Waals surface area (Å²) in [6.45, 7) is 0. The van der Waals surface area contributed by atoms with Gasteiger partial charge in [0.1, 0.15) is 10.0 Å². The third-order valence-corrected chi connectivity index (χ3v) is 2.26. The van der Waals surface area contributed by atoms with Crippen molar-refractivity contribution in [2.45, 2.75) is 0 Å². The third kappa shape index (κ3) is 5.67. The summed E-state index contributed by atoms with van der Waals surface area (Å²) in [4.78, 5) is 8.56. The summed E-state index contributed by atoms with van der Waals surface area (Å²) in [6.07, 6.45) is -1.83. The van der Waals surface area contributed by atoms with E-state index in [9.17, 15) is 0 Å². The van der Waals surface area contributed by atoms with Crippen LogP contribution < -0.4 is 0 Å². The van der Waals surface area contributed by atoms with Crippen LogP contribution >= 0.6 is 58.8 Å². The van der Waals surface area contributed by atoms with Crippen molar-refractivity contribution in [2.75, 3.05) is 0 Å². The highest BCUT2D eigenvalue weighted by molar-refractivity contribution is 6.51. The third-order valence-electron chi connectivity index (χ3n) is 0.717. The Bertz CT molecular complexity index is 283. The molecule has 1 aromatic rings. The fourth-order valence-electron chi connectivity index (χ4n) is 0.341. The van der Waals surface area contributed by atoms with E-state index in [1.165, 1.54) is 0 Å². The maximum atomic E-state index is 8.56. The van der Waals surface area contributed by atoms with Crippen LogP contribution in [-0.2, 0) is 0 Å². The van der Waals surface area contributed by atoms with Gasteiger partial charge in [-0.25, -0.2) is 4.79 Å². The standard InChI is InChI=1S/C4Cl4O.CH2O3.ClH/c5-1-2(6)4(8)9-3(1)7;2-1(3)4;/h;(H2,2,3,4);1H. The normalized spacial score (nSPS) is 8.29. The summed E-state index contributed by atoms with van der Waals surface area (Å²) < 4.78 is 4.61. The van der Waals surface area contributed by atoms with Gasteiger partial charge in [0.15, 0.2) is 0 Å². The SMILES string of the molecule is Cl.Clc1oc(Cl)c(Cl)c1Cl.O=C(O)O. The van der Waals surface area contributed by atoms with Crippen molar-refractivity contribution in [1.82, 2.24) is 0 Å². The molecule has 0 spiro atoms. The molecule has 0 unspecified atom stereocenters. The van der Waals surface area contributed by atoms with Gasteiger partial charge in [-0.15, -0.1) is 12.4 Å². The lowest BCUT2D eigenvalue weighted by Gasteiger charge is -1.76. The molecule has 1 aromatic heterocycles. The van der Waals surface area contributed by atoms with Crippen LogP contribution in [-0.4, -0.2) is 16.4 Å². The van der Waals surface area contributed by atoms with Crippen molar-refractivity contribution in [3.05, 3.63) is 20.5 Å². The van der Waals surface area contributed by atoms with Crippen molar-refractivity contribution in [3.8, 4) is 0 Å². The summed E-state index contributed by atoms with van der Waals surface area (Å²) in [5.74, 6) is 0. The van der Waals surface area contributed by atoms with Crippen LogP contribution in [0.1, 0.15) is 0 Å². The topological polar surface area (TPSA) is 70.7 Å². The Morgan fingerprint density at radius 1 is 1.00 bits per heavy atom. The average molecular weight is 304 g/mol. The second-order valence-corrected chi connectivity index (χ2v) is 3.00. The van der Waals surface area contributed by atoms with E-state index in [1.54, 1.807) is 0 Å². The summed E-state index contributed by atoms with van der Waals surface area (Å²) in [6, 6.07) is 0. The zero-order chi connectivity index (χ0) is 10.6. The highest BCUT2D eigenvalue weighted by Crippen LogP contribution is 2.38. The van der Waals surface area contributed by atoms with Gasteiger partial charge < -0.3 is 14.6 Å². The smallest absolute Gasteiger partial charge is 0.450 e. The predicted octanol–water partition coefficient (Wildman–Crippen LogP) is 4.54. The molecule has 0 atom stereocenters. The number of rotatable bonds is 0. The second kappa shape index (κ2) is 7.31. The van der Waals surface area contributed by atoms with Gasteiger partial charge in [-0.2, -0.15) is 0 Å². The summed E-state index contributed by atoms with van der Waals surface area (Å²) >= 11 is 21.6. The van der Waals surface area contributed by atoms with Crippen LogP contribution in [0.4, 0.5) is 4.79 Å². The molecule has 0 saturated carbocycles. The van der Waals surface area contributed by atoms with Crippen LogP contribution in [0.5, 0.6) is 0 Å². The molecule has 1 heterocycles. The first-order valence-electron chi connectivity index (χ1n) is 2.57. The van der Waals surface area contributed by atoms with Crippen LogP contribution in [0, 0.1) is 0 Å². The van der Waals surface area contributed by atoms with E-state index in [0.29, 0.717) is 0 Å². The lowest BCUT2D eigenvalue weighted by atomic mass is 10.7. The maximum Gasteiger partial charge on any atom is 0.503 e. The molecule has 4 nitrogen and oxygen atoms in total. The van der Waals surface area contributed by atoms with Crippen LogP contribution in [0.3, 0.4) is 0 Å². The minimum Gasteiger partial charge on any atom is -0.450 e. The number of hydrogen-bond acceptors (Lipinski definition) is 2. The van der Waals surface area contributed by atoms with Gasteiger partial charge in [-0.05, 0) is 23.2 Å².